The van der Waals surface area contributed by atoms with E-state index >= 15 is 0 Å². The fourth-order valence-corrected chi connectivity index (χ4v) is 7.21. The maximum Gasteiger partial charge on any atom is 0.326 e. The zero-order chi connectivity index (χ0) is 40.9. The van der Waals surface area contributed by atoms with Gasteiger partial charge in [-0.1, -0.05) is 103 Å². The topological polar surface area (TPSA) is 192 Å². The van der Waals surface area contributed by atoms with Gasteiger partial charge in [0.15, 0.2) is 0 Å². The maximum atomic E-state index is 14.4. The minimum absolute atomic E-state index is 0.0119. The Morgan fingerprint density at radius 2 is 1.14 bits per heavy atom. The summed E-state index contributed by atoms with van der Waals surface area (Å²) in [7, 11) is 0. The summed E-state index contributed by atoms with van der Waals surface area (Å²) < 4.78 is 5.38. The summed E-state index contributed by atoms with van der Waals surface area (Å²) in [6, 6.07) is 31.2. The number of anilines is 1. The normalized spacial score (nSPS) is 20.0. The third-order valence-electron chi connectivity index (χ3n) is 9.45. The first-order valence-electron chi connectivity index (χ1n) is 18.7. The lowest BCUT2D eigenvalue weighted by Crippen LogP contribution is -2.59. The SMILES string of the molecule is O=C1COCC(=O)N[C@H](Cc2cccs2)C(=O)N[C@@H](Cc2ccc(-c3ccccc3)cc2)C(=O)N[C@H](Cc2ccccc2)C(=O)N[C@H](C(=O)O)Cc2ccc(cc2)N1. The molecule has 0 saturated carbocycles. The van der Waals surface area contributed by atoms with Gasteiger partial charge in [-0.15, -0.1) is 11.3 Å². The third-order valence-corrected chi connectivity index (χ3v) is 10.3. The smallest absolute Gasteiger partial charge is 0.326 e. The van der Waals surface area contributed by atoms with E-state index in [0.29, 0.717) is 22.4 Å². The summed E-state index contributed by atoms with van der Waals surface area (Å²) in [6.45, 7) is -0.982. The number of hydrogen-bond acceptors (Lipinski definition) is 8. The van der Waals surface area contributed by atoms with Crippen molar-refractivity contribution in [2.75, 3.05) is 18.5 Å². The molecule has 1 aromatic heterocycles. The van der Waals surface area contributed by atoms with Gasteiger partial charge in [0.05, 0.1) is 0 Å². The Morgan fingerprint density at radius 1 is 0.586 bits per heavy atom. The number of ether oxygens (including phenoxy) is 1. The molecule has 0 aliphatic carbocycles. The van der Waals surface area contributed by atoms with Crippen molar-refractivity contribution in [2.24, 2.45) is 0 Å². The average Bonchev–Trinajstić information content (AvgIpc) is 3.74. The lowest BCUT2D eigenvalue weighted by molar-refractivity contribution is -0.142. The second kappa shape index (κ2) is 20.0. The van der Waals surface area contributed by atoms with Gasteiger partial charge >= 0.3 is 5.97 Å². The van der Waals surface area contributed by atoms with Crippen LogP contribution in [0.5, 0.6) is 0 Å². The number of thiophene rings is 1. The summed E-state index contributed by atoms with van der Waals surface area (Å²) in [5.74, 6) is -4.58. The molecule has 298 valence electrons. The summed E-state index contributed by atoms with van der Waals surface area (Å²) in [5, 5.41) is 25.6. The van der Waals surface area contributed by atoms with Crippen LogP contribution in [-0.2, 0) is 59.2 Å². The zero-order valence-corrected chi connectivity index (χ0v) is 32.2. The molecule has 4 aromatic carbocycles. The molecule has 0 fully saturated rings. The Labute approximate surface area is 339 Å². The van der Waals surface area contributed by atoms with E-state index < -0.39 is 72.9 Å². The summed E-state index contributed by atoms with van der Waals surface area (Å²) >= 11 is 1.39. The number of carboxylic acids is 1. The van der Waals surface area contributed by atoms with Crippen LogP contribution in [0.1, 0.15) is 21.6 Å². The van der Waals surface area contributed by atoms with Crippen LogP contribution in [0.3, 0.4) is 0 Å². The summed E-state index contributed by atoms with van der Waals surface area (Å²) in [5.41, 5.74) is 4.31. The van der Waals surface area contributed by atoms with Gasteiger partial charge < -0.3 is 36.4 Å². The Bertz CT molecular complexity index is 2180. The molecule has 0 radical (unpaired) electrons. The van der Waals surface area contributed by atoms with Gasteiger partial charge in [0.1, 0.15) is 37.4 Å². The molecule has 13 nitrogen and oxygen atoms in total. The van der Waals surface area contributed by atoms with Crippen molar-refractivity contribution >= 4 is 52.5 Å². The molecule has 0 unspecified atom stereocenters. The number of hydrogen-bond donors (Lipinski definition) is 6. The van der Waals surface area contributed by atoms with Gasteiger partial charge in [-0.3, -0.25) is 24.0 Å². The lowest BCUT2D eigenvalue weighted by atomic mass is 9.99. The molecule has 0 saturated heterocycles. The first kappa shape index (κ1) is 41.0. The molecule has 2 bridgehead atoms. The number of carboxylic acid groups (broad SMARTS) is 1. The van der Waals surface area contributed by atoms with E-state index in [0.717, 1.165) is 16.0 Å². The first-order valence-corrected chi connectivity index (χ1v) is 19.6. The quantitative estimate of drug-likeness (QED) is 0.128. The van der Waals surface area contributed by atoms with E-state index in [-0.39, 0.29) is 25.7 Å². The molecular formula is C44H43N5O8S. The Kier molecular flexibility index (Phi) is 14.1. The van der Waals surface area contributed by atoms with Crippen LogP contribution in [0.4, 0.5) is 5.69 Å². The van der Waals surface area contributed by atoms with Crippen molar-refractivity contribution < 1.29 is 38.6 Å². The second-order valence-corrected chi connectivity index (χ2v) is 14.9. The molecule has 2 aliphatic heterocycles. The molecule has 58 heavy (non-hydrogen) atoms. The summed E-state index contributed by atoms with van der Waals surface area (Å²) in [6.07, 6.45) is 0.0326. The van der Waals surface area contributed by atoms with Crippen LogP contribution >= 0.6 is 11.3 Å². The average molecular weight is 802 g/mol. The monoisotopic (exact) mass is 801 g/mol. The van der Waals surface area contributed by atoms with Crippen LogP contribution in [0, 0.1) is 0 Å². The molecule has 5 aromatic rings. The highest BCUT2D eigenvalue weighted by Crippen LogP contribution is 2.20. The first-order chi connectivity index (χ1) is 28.1. The predicted molar refractivity (Wildman–Crippen MR) is 219 cm³/mol. The number of carbonyl (C=O) groups is 6. The number of nitrogens with one attached hydrogen (secondary N) is 5. The van der Waals surface area contributed by atoms with Crippen LogP contribution in [0.15, 0.2) is 127 Å². The van der Waals surface area contributed by atoms with Crippen molar-refractivity contribution in [3.8, 4) is 11.1 Å². The van der Waals surface area contributed by atoms with Gasteiger partial charge in [0.25, 0.3) is 0 Å². The molecule has 3 heterocycles. The fraction of sp³-hybridized carbons (Fsp3) is 0.227. The molecule has 6 N–H and O–H groups in total. The van der Waals surface area contributed by atoms with E-state index in [1.165, 1.54) is 11.3 Å². The van der Waals surface area contributed by atoms with Crippen molar-refractivity contribution in [3.05, 3.63) is 148 Å². The zero-order valence-electron chi connectivity index (χ0n) is 31.4. The number of benzene rings is 4. The number of amides is 5. The van der Waals surface area contributed by atoms with Crippen molar-refractivity contribution in [1.82, 2.24) is 21.3 Å². The number of rotatable bonds is 8. The molecule has 4 atom stereocenters. The van der Waals surface area contributed by atoms with Crippen LogP contribution in [-0.4, -0.2) is 78.0 Å². The standard InChI is InChI=1S/C44H43N5O8S/c50-39-26-57-27-40(51)46-37(25-34-12-7-21-58-34)43(54)48-36(23-29-13-17-32(18-14-29)31-10-5-2-6-11-31)41(52)47-35(22-28-8-3-1-4-9-28)42(53)49-38(44(55)56)24-30-15-19-33(45-39)20-16-30/h1-21,35-38H,22-27H2,(H,45,50)(H,46,51)(H,47,52)(H,48,54)(H,49,53)(H,55,56)/t35-,36+,37-,38+/m1/s1. The van der Waals surface area contributed by atoms with Crippen LogP contribution in [0.2, 0.25) is 0 Å². The molecule has 7 rings (SSSR count). The number of fused-ring (bicyclic) bond motifs is 19. The van der Waals surface area contributed by atoms with Gasteiger partial charge in [0, 0.05) is 36.2 Å². The Balaban J connectivity index is 1.33. The van der Waals surface area contributed by atoms with E-state index in [4.69, 9.17) is 4.74 Å². The molecule has 14 heteroatoms. The van der Waals surface area contributed by atoms with Gasteiger partial charge in [-0.05, 0) is 51.4 Å². The highest BCUT2D eigenvalue weighted by Gasteiger charge is 2.32. The van der Waals surface area contributed by atoms with Crippen molar-refractivity contribution in [3.63, 3.8) is 0 Å². The highest BCUT2D eigenvalue weighted by atomic mass is 32.1. The van der Waals surface area contributed by atoms with Crippen LogP contribution in [0.25, 0.3) is 11.1 Å². The highest BCUT2D eigenvalue weighted by molar-refractivity contribution is 7.09. The van der Waals surface area contributed by atoms with E-state index in [9.17, 15) is 33.9 Å². The Morgan fingerprint density at radius 3 is 1.74 bits per heavy atom. The Hall–Kier alpha value is -6.64. The minimum Gasteiger partial charge on any atom is -0.480 e. The molecule has 0 spiro atoms. The van der Waals surface area contributed by atoms with Gasteiger partial charge in [-0.25, -0.2) is 4.79 Å². The van der Waals surface area contributed by atoms with Crippen LogP contribution < -0.4 is 26.6 Å². The summed E-state index contributed by atoms with van der Waals surface area (Å²) in [4.78, 5) is 81.5. The number of carbonyl (C=O) groups excluding carboxylic acids is 5. The molecular weight excluding hydrogens is 759 g/mol. The van der Waals surface area contributed by atoms with Gasteiger partial charge in [-0.2, -0.15) is 0 Å². The third kappa shape index (κ3) is 11.9. The largest absolute Gasteiger partial charge is 0.480 e. The second-order valence-electron chi connectivity index (χ2n) is 13.8. The lowest BCUT2D eigenvalue weighted by Gasteiger charge is -2.26. The molecule has 2 aliphatic rings. The maximum absolute atomic E-state index is 14.4. The fourth-order valence-electron chi connectivity index (χ4n) is 6.45. The van der Waals surface area contributed by atoms with E-state index in [1.54, 1.807) is 48.5 Å². The minimum atomic E-state index is -1.37. The van der Waals surface area contributed by atoms with Crippen molar-refractivity contribution in [2.45, 2.75) is 49.9 Å². The number of aliphatic carboxylic acids is 1. The van der Waals surface area contributed by atoms with E-state index in [1.807, 2.05) is 78.2 Å². The van der Waals surface area contributed by atoms with E-state index in [2.05, 4.69) is 26.6 Å². The predicted octanol–water partition coefficient (Wildman–Crippen LogP) is 3.68. The van der Waals surface area contributed by atoms with Gasteiger partial charge in [0.2, 0.25) is 29.5 Å². The molecule has 5 amide bonds. The van der Waals surface area contributed by atoms with Crippen molar-refractivity contribution in [1.29, 1.82) is 0 Å².